The van der Waals surface area contributed by atoms with Gasteiger partial charge in [-0.15, -0.1) is 0 Å². The van der Waals surface area contributed by atoms with Crippen molar-refractivity contribution in [2.75, 3.05) is 27.4 Å². The Morgan fingerprint density at radius 1 is 0.957 bits per heavy atom. The van der Waals surface area contributed by atoms with Crippen LogP contribution in [-0.4, -0.2) is 89.6 Å². The van der Waals surface area contributed by atoms with Crippen LogP contribution in [0.1, 0.15) is 54.4 Å². The molecule has 3 aliphatic heterocycles. The van der Waals surface area contributed by atoms with Crippen molar-refractivity contribution in [3.05, 3.63) is 65.2 Å². The van der Waals surface area contributed by atoms with Gasteiger partial charge >= 0.3 is 5.97 Å². The topological polar surface area (TPSA) is 174 Å². The number of rotatable bonds is 8. The zero-order valence-corrected chi connectivity index (χ0v) is 26.0. The third-order valence-corrected chi connectivity index (χ3v) is 10.0. The Balaban J connectivity index is 1.34. The van der Waals surface area contributed by atoms with Gasteiger partial charge in [-0.25, -0.2) is 4.79 Å². The smallest absolute Gasteiger partial charge is 0.335 e. The summed E-state index contributed by atoms with van der Waals surface area (Å²) in [6, 6.07) is 14.8. The molecule has 0 spiro atoms. The number of carbonyl (C=O) groups is 1. The molecule has 5 N–H and O–H groups in total. The zero-order chi connectivity index (χ0) is 33.0. The van der Waals surface area contributed by atoms with Gasteiger partial charge in [0.05, 0.1) is 33.4 Å². The van der Waals surface area contributed by atoms with Crippen molar-refractivity contribution < 1.29 is 58.7 Å². The molecule has 0 aromatic heterocycles. The lowest BCUT2D eigenvalue weighted by Crippen LogP contribution is -2.61. The summed E-state index contributed by atoms with van der Waals surface area (Å²) in [7, 11) is 3.14. The molecule has 7 unspecified atom stereocenters. The Hall–Kier alpha value is -4.07. The Labute approximate surface area is 271 Å². The molecule has 250 valence electrons. The standard InChI is InChI=1S/C35H38O12/c1-42-23-14-21(35(16-36)10-6-7-11-35)24-20-15-44-22-13-18(45-34-28(39)26(37)27(38)32(47-34)33(40)41)12-19(17-8-4-3-5-9-17)25(22)29(20)46-31(24)30(23)43-2/h3-5,8-9,12-14,20,26-29,32,34,36-39H,6-7,10-11,15-16H2,1-2H3,(H,40,41). The SMILES string of the molecule is COc1cc(C2(CO)CCCC2)c2c(c1OC)OC1c3c(cc(OC4OC(C(=O)O)C(O)C(O)C4O)cc3-c3ccccc3)OCC21. The van der Waals surface area contributed by atoms with Gasteiger partial charge in [-0.05, 0) is 41.7 Å². The molecule has 12 heteroatoms. The van der Waals surface area contributed by atoms with E-state index in [1.54, 1.807) is 26.4 Å². The summed E-state index contributed by atoms with van der Waals surface area (Å²) in [5, 5.41) is 51.3. The van der Waals surface area contributed by atoms with E-state index in [4.69, 9.17) is 28.4 Å². The maximum Gasteiger partial charge on any atom is 0.335 e. The van der Waals surface area contributed by atoms with Crippen molar-refractivity contribution in [1.29, 1.82) is 0 Å². The van der Waals surface area contributed by atoms with E-state index in [1.165, 1.54) is 0 Å². The zero-order valence-electron chi connectivity index (χ0n) is 26.0. The van der Waals surface area contributed by atoms with E-state index in [0.29, 0.717) is 28.6 Å². The predicted octanol–water partition coefficient (Wildman–Crippen LogP) is 3.06. The highest BCUT2D eigenvalue weighted by Crippen LogP contribution is 2.62. The minimum atomic E-state index is -1.85. The Bertz CT molecular complexity index is 1650. The van der Waals surface area contributed by atoms with Crippen molar-refractivity contribution >= 4 is 5.97 Å². The number of hydrogen-bond donors (Lipinski definition) is 5. The third kappa shape index (κ3) is 5.06. The molecule has 3 aromatic carbocycles. The van der Waals surface area contributed by atoms with Crippen LogP contribution < -0.4 is 23.7 Å². The van der Waals surface area contributed by atoms with Crippen molar-refractivity contribution in [1.82, 2.24) is 0 Å². The number of aliphatic carboxylic acids is 1. The summed E-state index contributed by atoms with van der Waals surface area (Å²) in [6.45, 7) is 0.226. The maximum atomic E-state index is 11.7. The van der Waals surface area contributed by atoms with E-state index in [2.05, 4.69) is 0 Å². The number of aliphatic hydroxyl groups is 4. The quantitative estimate of drug-likeness (QED) is 0.242. The van der Waals surface area contributed by atoms with Crippen LogP contribution in [-0.2, 0) is 14.9 Å². The second-order valence-corrected chi connectivity index (χ2v) is 12.6. The largest absolute Gasteiger partial charge is 0.493 e. The molecule has 1 aliphatic carbocycles. The minimum absolute atomic E-state index is 0.0106. The highest BCUT2D eigenvalue weighted by atomic mass is 16.7. The molecule has 7 atom stereocenters. The van der Waals surface area contributed by atoms with E-state index in [1.807, 2.05) is 36.4 Å². The van der Waals surface area contributed by atoms with Crippen molar-refractivity contribution in [3.63, 3.8) is 0 Å². The summed E-state index contributed by atoms with van der Waals surface area (Å²) in [5.74, 6) is 0.407. The third-order valence-electron chi connectivity index (χ3n) is 10.0. The molecule has 0 radical (unpaired) electrons. The highest BCUT2D eigenvalue weighted by Gasteiger charge is 2.51. The average Bonchev–Trinajstić information content (AvgIpc) is 3.73. The molecule has 1 saturated heterocycles. The van der Waals surface area contributed by atoms with Crippen molar-refractivity contribution in [3.8, 4) is 39.9 Å². The van der Waals surface area contributed by atoms with Gasteiger partial charge in [-0.2, -0.15) is 0 Å². The van der Waals surface area contributed by atoms with Gasteiger partial charge in [-0.1, -0.05) is 43.2 Å². The summed E-state index contributed by atoms with van der Waals surface area (Å²) in [5.41, 5.74) is 3.72. The van der Waals surface area contributed by atoms with Gasteiger partial charge < -0.3 is 54.0 Å². The molecular weight excluding hydrogens is 612 g/mol. The van der Waals surface area contributed by atoms with Gasteiger partial charge in [-0.3, -0.25) is 0 Å². The van der Waals surface area contributed by atoms with Gasteiger partial charge in [0, 0.05) is 22.6 Å². The molecule has 47 heavy (non-hydrogen) atoms. The van der Waals surface area contributed by atoms with Crippen LogP contribution in [0.3, 0.4) is 0 Å². The molecule has 0 amide bonds. The lowest BCUT2D eigenvalue weighted by atomic mass is 9.73. The molecular formula is C35H38O12. The molecule has 1 saturated carbocycles. The van der Waals surface area contributed by atoms with E-state index in [9.17, 15) is 30.3 Å². The fourth-order valence-corrected chi connectivity index (χ4v) is 7.66. The number of methoxy groups -OCH3 is 2. The van der Waals surface area contributed by atoms with Gasteiger partial charge in [0.1, 0.15) is 35.9 Å². The Morgan fingerprint density at radius 3 is 2.36 bits per heavy atom. The number of hydrogen-bond acceptors (Lipinski definition) is 11. The lowest BCUT2D eigenvalue weighted by Gasteiger charge is -2.38. The minimum Gasteiger partial charge on any atom is -0.493 e. The Morgan fingerprint density at radius 2 is 1.70 bits per heavy atom. The summed E-state index contributed by atoms with van der Waals surface area (Å²) in [6.07, 6.45) is -5.64. The van der Waals surface area contributed by atoms with Gasteiger partial charge in [0.15, 0.2) is 17.6 Å². The Kier molecular flexibility index (Phi) is 8.17. The van der Waals surface area contributed by atoms with E-state index in [0.717, 1.165) is 47.9 Å². The first-order valence-electron chi connectivity index (χ1n) is 15.7. The molecule has 2 fully saturated rings. The van der Waals surface area contributed by atoms with Crippen LogP contribution in [0, 0.1) is 0 Å². The van der Waals surface area contributed by atoms with Crippen LogP contribution >= 0.6 is 0 Å². The fourth-order valence-electron chi connectivity index (χ4n) is 7.66. The van der Waals surface area contributed by atoms with Crippen molar-refractivity contribution in [2.24, 2.45) is 0 Å². The number of aliphatic hydroxyl groups excluding tert-OH is 4. The number of fused-ring (bicyclic) bond motifs is 5. The number of ether oxygens (including phenoxy) is 6. The van der Waals surface area contributed by atoms with Crippen molar-refractivity contribution in [2.45, 2.75) is 73.8 Å². The van der Waals surface area contributed by atoms with Gasteiger partial charge in [0.2, 0.25) is 12.0 Å². The monoisotopic (exact) mass is 650 g/mol. The first kappa shape index (κ1) is 31.5. The molecule has 0 bridgehead atoms. The summed E-state index contributed by atoms with van der Waals surface area (Å²) >= 11 is 0. The molecule has 12 nitrogen and oxygen atoms in total. The van der Waals surface area contributed by atoms with Crippen LogP contribution in [0.15, 0.2) is 48.5 Å². The first-order chi connectivity index (χ1) is 22.7. The molecule has 3 heterocycles. The number of carboxylic acid groups (broad SMARTS) is 1. The second-order valence-electron chi connectivity index (χ2n) is 12.6. The van der Waals surface area contributed by atoms with Crippen LogP contribution in [0.4, 0.5) is 0 Å². The summed E-state index contributed by atoms with van der Waals surface area (Å²) < 4.78 is 36.2. The molecule has 4 aliphatic rings. The maximum absolute atomic E-state index is 11.7. The first-order valence-corrected chi connectivity index (χ1v) is 15.7. The van der Waals surface area contributed by atoms with E-state index < -0.39 is 48.2 Å². The highest BCUT2D eigenvalue weighted by molar-refractivity contribution is 5.76. The van der Waals surface area contributed by atoms with E-state index >= 15 is 0 Å². The fraction of sp³-hybridized carbons (Fsp3) is 0.457. The number of benzene rings is 3. The molecule has 3 aromatic rings. The normalized spacial score (nSPS) is 28.7. The van der Waals surface area contributed by atoms with Crippen LogP contribution in [0.2, 0.25) is 0 Å². The van der Waals surface area contributed by atoms with Crippen LogP contribution in [0.5, 0.6) is 28.7 Å². The average molecular weight is 651 g/mol. The lowest BCUT2D eigenvalue weighted by molar-refractivity contribution is -0.271. The van der Waals surface area contributed by atoms with E-state index in [-0.39, 0.29) is 24.9 Å². The number of carboxylic acids is 1. The predicted molar refractivity (Wildman–Crippen MR) is 165 cm³/mol. The second kappa shape index (κ2) is 12.2. The van der Waals surface area contributed by atoms with Crippen LogP contribution in [0.25, 0.3) is 11.1 Å². The summed E-state index contributed by atoms with van der Waals surface area (Å²) in [4.78, 5) is 11.7. The van der Waals surface area contributed by atoms with Gasteiger partial charge in [0.25, 0.3) is 0 Å². The molecule has 7 rings (SSSR count).